The van der Waals surface area contributed by atoms with Gasteiger partial charge in [0.25, 0.3) is 0 Å². The molecule has 0 unspecified atom stereocenters. The first-order valence-corrected chi connectivity index (χ1v) is 6.12. The maximum Gasteiger partial charge on any atom is 0.345 e. The fourth-order valence-electron chi connectivity index (χ4n) is 1.43. The van der Waals surface area contributed by atoms with Gasteiger partial charge in [-0.25, -0.2) is 9.59 Å². The lowest BCUT2D eigenvalue weighted by molar-refractivity contribution is -0.146. The van der Waals surface area contributed by atoms with E-state index in [1.807, 2.05) is 6.92 Å². The highest BCUT2D eigenvalue weighted by Crippen LogP contribution is 2.17. The zero-order valence-electron chi connectivity index (χ0n) is 11.6. The normalized spacial score (nSPS) is 9.89. The highest BCUT2D eigenvalue weighted by atomic mass is 16.6. The summed E-state index contributed by atoms with van der Waals surface area (Å²) in [6, 6.07) is 1.74. The molecular weight excluding hydrogens is 248 g/mol. The first kappa shape index (κ1) is 15.0. The third kappa shape index (κ3) is 3.98. The first-order valence-electron chi connectivity index (χ1n) is 6.12. The molecule has 104 valence electrons. The van der Waals surface area contributed by atoms with Crippen LogP contribution in [0, 0.1) is 13.8 Å². The summed E-state index contributed by atoms with van der Waals surface area (Å²) < 4.78 is 15.1. The van der Waals surface area contributed by atoms with Crippen molar-refractivity contribution in [3.63, 3.8) is 0 Å². The number of esters is 2. The Hall–Kier alpha value is -2.04. The summed E-state index contributed by atoms with van der Waals surface area (Å²) >= 11 is 0. The predicted molar refractivity (Wildman–Crippen MR) is 69.4 cm³/mol. The van der Waals surface area contributed by atoms with Crippen molar-refractivity contribution in [2.75, 3.05) is 13.2 Å². The highest BCUT2D eigenvalue weighted by molar-refractivity contribution is 6.17. The SMILES string of the molecule is CCOC(=O)C(=Cc1cc(C)c(C)o1)C(=O)OCC. The molecule has 0 fully saturated rings. The van der Waals surface area contributed by atoms with Gasteiger partial charge in [-0.1, -0.05) is 0 Å². The molecule has 1 heterocycles. The lowest BCUT2D eigenvalue weighted by Gasteiger charge is -2.05. The van der Waals surface area contributed by atoms with Crippen LogP contribution in [-0.4, -0.2) is 25.2 Å². The fourth-order valence-corrected chi connectivity index (χ4v) is 1.43. The zero-order chi connectivity index (χ0) is 14.4. The molecule has 5 nitrogen and oxygen atoms in total. The van der Waals surface area contributed by atoms with Gasteiger partial charge in [0.2, 0.25) is 0 Å². The van der Waals surface area contributed by atoms with Crippen LogP contribution < -0.4 is 0 Å². The maximum atomic E-state index is 11.7. The lowest BCUT2D eigenvalue weighted by Crippen LogP contribution is -2.18. The van der Waals surface area contributed by atoms with E-state index in [-0.39, 0.29) is 18.8 Å². The Kier molecular flexibility index (Phi) is 5.36. The van der Waals surface area contributed by atoms with Crippen molar-refractivity contribution in [3.8, 4) is 0 Å². The first-order chi connectivity index (χ1) is 8.99. The van der Waals surface area contributed by atoms with Crippen molar-refractivity contribution in [1.82, 2.24) is 0 Å². The third-order valence-corrected chi connectivity index (χ3v) is 2.46. The van der Waals surface area contributed by atoms with Crippen LogP contribution in [0.2, 0.25) is 0 Å². The van der Waals surface area contributed by atoms with Crippen LogP contribution in [-0.2, 0) is 19.1 Å². The van der Waals surface area contributed by atoms with Gasteiger partial charge in [-0.15, -0.1) is 0 Å². The number of carbonyl (C=O) groups is 2. The van der Waals surface area contributed by atoms with Crippen LogP contribution in [0.1, 0.15) is 30.9 Å². The van der Waals surface area contributed by atoms with E-state index in [9.17, 15) is 9.59 Å². The molecule has 0 bridgehead atoms. The monoisotopic (exact) mass is 266 g/mol. The summed E-state index contributed by atoms with van der Waals surface area (Å²) in [6.07, 6.45) is 1.34. The molecule has 0 aliphatic heterocycles. The van der Waals surface area contributed by atoms with Crippen LogP contribution in [0.15, 0.2) is 16.1 Å². The number of ether oxygens (including phenoxy) is 2. The Morgan fingerprint density at radius 3 is 2.05 bits per heavy atom. The van der Waals surface area contributed by atoms with Crippen molar-refractivity contribution < 1.29 is 23.5 Å². The lowest BCUT2D eigenvalue weighted by atomic mass is 10.2. The van der Waals surface area contributed by atoms with Crippen LogP contribution in [0.25, 0.3) is 6.08 Å². The van der Waals surface area contributed by atoms with Crippen LogP contribution >= 0.6 is 0 Å². The summed E-state index contributed by atoms with van der Waals surface area (Å²) in [5.41, 5.74) is 0.774. The van der Waals surface area contributed by atoms with Gasteiger partial charge in [0.1, 0.15) is 17.1 Å². The summed E-state index contributed by atoms with van der Waals surface area (Å²) in [7, 11) is 0. The topological polar surface area (TPSA) is 65.7 Å². The zero-order valence-corrected chi connectivity index (χ0v) is 11.6. The van der Waals surface area contributed by atoms with Crippen molar-refractivity contribution in [2.24, 2.45) is 0 Å². The molecule has 1 rings (SSSR count). The second-order valence-corrected chi connectivity index (χ2v) is 3.89. The van der Waals surface area contributed by atoms with Crippen LogP contribution in [0.3, 0.4) is 0 Å². The van der Waals surface area contributed by atoms with E-state index in [2.05, 4.69) is 0 Å². The predicted octanol–water partition coefficient (Wildman–Crippen LogP) is 2.41. The van der Waals surface area contributed by atoms with Gasteiger partial charge in [-0.3, -0.25) is 0 Å². The van der Waals surface area contributed by atoms with Crippen molar-refractivity contribution in [2.45, 2.75) is 27.7 Å². The number of carbonyl (C=O) groups excluding carboxylic acids is 2. The molecule has 0 aliphatic rings. The second kappa shape index (κ2) is 6.78. The number of hydrogen-bond donors (Lipinski definition) is 0. The van der Waals surface area contributed by atoms with Gasteiger partial charge < -0.3 is 13.9 Å². The van der Waals surface area contributed by atoms with Crippen LogP contribution in [0.5, 0.6) is 0 Å². The van der Waals surface area contributed by atoms with Crippen molar-refractivity contribution >= 4 is 18.0 Å². The average Bonchev–Trinajstić information content (AvgIpc) is 2.66. The van der Waals surface area contributed by atoms with Gasteiger partial charge in [0.15, 0.2) is 0 Å². The van der Waals surface area contributed by atoms with E-state index in [0.717, 1.165) is 11.3 Å². The third-order valence-electron chi connectivity index (χ3n) is 2.46. The number of furan rings is 1. The fraction of sp³-hybridized carbons (Fsp3) is 0.429. The molecule has 5 heteroatoms. The smallest absolute Gasteiger partial charge is 0.345 e. The minimum absolute atomic E-state index is 0.169. The molecule has 0 aliphatic carbocycles. The second-order valence-electron chi connectivity index (χ2n) is 3.89. The highest BCUT2D eigenvalue weighted by Gasteiger charge is 2.21. The minimum atomic E-state index is -0.715. The molecular formula is C14H18O5. The molecule has 0 N–H and O–H groups in total. The number of rotatable bonds is 5. The quantitative estimate of drug-likeness (QED) is 0.354. The Balaban J connectivity index is 3.07. The maximum absolute atomic E-state index is 11.7. The summed E-state index contributed by atoms with van der Waals surface area (Å²) in [6.45, 7) is 7.40. The van der Waals surface area contributed by atoms with E-state index in [1.54, 1.807) is 26.8 Å². The van der Waals surface area contributed by atoms with Crippen LogP contribution in [0.4, 0.5) is 0 Å². The Labute approximate surface area is 112 Å². The van der Waals surface area contributed by atoms with Gasteiger partial charge in [-0.05, 0) is 39.3 Å². The molecule has 0 radical (unpaired) electrons. The molecule has 0 saturated carbocycles. The summed E-state index contributed by atoms with van der Waals surface area (Å²) in [5.74, 6) is -0.273. The molecule has 0 aromatic carbocycles. The number of aryl methyl sites for hydroxylation is 2. The molecule has 0 spiro atoms. The average molecular weight is 266 g/mol. The Bertz CT molecular complexity index is 456. The minimum Gasteiger partial charge on any atom is -0.462 e. The molecule has 0 amide bonds. The largest absolute Gasteiger partial charge is 0.462 e. The molecule has 1 aromatic rings. The van der Waals surface area contributed by atoms with E-state index in [1.165, 1.54) is 6.08 Å². The molecule has 0 atom stereocenters. The van der Waals surface area contributed by atoms with E-state index in [4.69, 9.17) is 13.9 Å². The van der Waals surface area contributed by atoms with Gasteiger partial charge >= 0.3 is 11.9 Å². The van der Waals surface area contributed by atoms with Gasteiger partial charge in [0.05, 0.1) is 13.2 Å². The van der Waals surface area contributed by atoms with Gasteiger partial charge in [-0.2, -0.15) is 0 Å². The Morgan fingerprint density at radius 1 is 1.16 bits per heavy atom. The van der Waals surface area contributed by atoms with Crippen molar-refractivity contribution in [1.29, 1.82) is 0 Å². The summed E-state index contributed by atoms with van der Waals surface area (Å²) in [4.78, 5) is 23.4. The molecule has 1 aromatic heterocycles. The van der Waals surface area contributed by atoms with E-state index < -0.39 is 11.9 Å². The molecule has 19 heavy (non-hydrogen) atoms. The van der Waals surface area contributed by atoms with Gasteiger partial charge in [0, 0.05) is 6.08 Å². The summed E-state index contributed by atoms with van der Waals surface area (Å²) in [5, 5.41) is 0. The number of hydrogen-bond acceptors (Lipinski definition) is 5. The van der Waals surface area contributed by atoms with E-state index >= 15 is 0 Å². The molecule has 0 saturated heterocycles. The standard InChI is InChI=1S/C14H18O5/c1-5-17-13(15)12(14(16)18-6-2)8-11-7-9(3)10(4)19-11/h7-8H,5-6H2,1-4H3. The van der Waals surface area contributed by atoms with E-state index in [0.29, 0.717) is 5.76 Å². The van der Waals surface area contributed by atoms with Crippen molar-refractivity contribution in [3.05, 3.63) is 28.7 Å². The Morgan fingerprint density at radius 2 is 1.68 bits per heavy atom.